The summed E-state index contributed by atoms with van der Waals surface area (Å²) in [6, 6.07) is 11.2. The third-order valence-corrected chi connectivity index (χ3v) is 4.72. The number of nitrogens with zero attached hydrogens (tertiary/aromatic N) is 6. The fourth-order valence-electron chi connectivity index (χ4n) is 3.13. The Morgan fingerprint density at radius 2 is 1.64 bits per heavy atom. The summed E-state index contributed by atoms with van der Waals surface area (Å²) in [5.41, 5.74) is 2.13. The fourth-order valence-corrected chi connectivity index (χ4v) is 3.13. The Balaban J connectivity index is 1.43. The number of carbonyl (C=O) groups excluding carboxylic acids is 1. The van der Waals surface area contributed by atoms with E-state index >= 15 is 0 Å². The molecule has 1 fully saturated rings. The van der Waals surface area contributed by atoms with Gasteiger partial charge >= 0.3 is 0 Å². The highest BCUT2D eigenvalue weighted by atomic mass is 16.1. The van der Waals surface area contributed by atoms with Gasteiger partial charge in [-0.3, -0.25) is 4.79 Å². The number of hydrogen-bond acceptors (Lipinski definition) is 7. The zero-order chi connectivity index (χ0) is 19.3. The zero-order valence-corrected chi connectivity index (χ0v) is 15.6. The number of para-hydroxylation sites is 1. The predicted octanol–water partition coefficient (Wildman–Crippen LogP) is 2.15. The Morgan fingerprint density at radius 1 is 0.929 bits per heavy atom. The summed E-state index contributed by atoms with van der Waals surface area (Å²) in [6.45, 7) is 5.08. The highest BCUT2D eigenvalue weighted by molar-refractivity contribution is 6.03. The number of benzene rings is 1. The molecule has 0 unspecified atom stereocenters. The molecule has 1 aliphatic rings. The number of carbonyl (C=O) groups is 1. The van der Waals surface area contributed by atoms with Crippen LogP contribution < -0.4 is 15.1 Å². The van der Waals surface area contributed by atoms with Crippen LogP contribution in [0.25, 0.3) is 0 Å². The zero-order valence-electron chi connectivity index (χ0n) is 15.6. The first kappa shape index (κ1) is 17.8. The van der Waals surface area contributed by atoms with Crippen LogP contribution in [0.5, 0.6) is 0 Å². The molecule has 0 aliphatic carbocycles. The monoisotopic (exact) mass is 375 g/mol. The number of piperazine rings is 1. The van der Waals surface area contributed by atoms with Crippen molar-refractivity contribution >= 4 is 23.4 Å². The van der Waals surface area contributed by atoms with Crippen LogP contribution in [0.2, 0.25) is 0 Å². The van der Waals surface area contributed by atoms with Gasteiger partial charge < -0.3 is 15.1 Å². The Hall–Kier alpha value is -3.55. The number of anilines is 3. The van der Waals surface area contributed by atoms with Crippen LogP contribution in [0.1, 0.15) is 16.1 Å². The number of rotatable bonds is 4. The second kappa shape index (κ2) is 7.99. The van der Waals surface area contributed by atoms with Crippen LogP contribution in [0.3, 0.4) is 0 Å². The molecule has 8 nitrogen and oxygen atoms in total. The van der Waals surface area contributed by atoms with Gasteiger partial charge in [0.05, 0.1) is 0 Å². The van der Waals surface area contributed by atoms with Crippen molar-refractivity contribution in [3.8, 4) is 0 Å². The van der Waals surface area contributed by atoms with Crippen LogP contribution in [-0.2, 0) is 0 Å². The molecule has 1 aromatic carbocycles. The van der Waals surface area contributed by atoms with Crippen LogP contribution in [0.4, 0.5) is 17.5 Å². The van der Waals surface area contributed by atoms with Gasteiger partial charge in [-0.2, -0.15) is 0 Å². The molecule has 2 aromatic heterocycles. The van der Waals surface area contributed by atoms with Gasteiger partial charge in [0.15, 0.2) is 0 Å². The van der Waals surface area contributed by atoms with Crippen molar-refractivity contribution in [2.75, 3.05) is 41.3 Å². The number of amides is 1. The van der Waals surface area contributed by atoms with Crippen LogP contribution in [0.15, 0.2) is 55.1 Å². The lowest BCUT2D eigenvalue weighted by atomic mass is 10.2. The molecular formula is C20H21N7O. The Morgan fingerprint density at radius 3 is 2.39 bits per heavy atom. The summed E-state index contributed by atoms with van der Waals surface area (Å²) in [6.07, 6.45) is 4.94. The number of aryl methyl sites for hydroxylation is 1. The molecule has 0 atom stereocenters. The molecule has 1 amide bonds. The lowest BCUT2D eigenvalue weighted by Gasteiger charge is -2.35. The van der Waals surface area contributed by atoms with Gasteiger partial charge in [-0.1, -0.05) is 18.2 Å². The van der Waals surface area contributed by atoms with Gasteiger partial charge in [-0.25, -0.2) is 19.9 Å². The van der Waals surface area contributed by atoms with Crippen molar-refractivity contribution in [2.45, 2.75) is 6.92 Å². The van der Waals surface area contributed by atoms with Crippen molar-refractivity contribution < 1.29 is 4.79 Å². The minimum Gasteiger partial charge on any atom is -0.353 e. The van der Waals surface area contributed by atoms with Gasteiger partial charge in [-0.15, -0.1) is 0 Å². The summed E-state index contributed by atoms with van der Waals surface area (Å²) >= 11 is 0. The van der Waals surface area contributed by atoms with E-state index in [1.165, 1.54) is 6.33 Å². The van der Waals surface area contributed by atoms with Gasteiger partial charge in [0, 0.05) is 50.3 Å². The first-order valence-corrected chi connectivity index (χ1v) is 9.16. The Labute approximate surface area is 163 Å². The highest BCUT2D eigenvalue weighted by Crippen LogP contribution is 2.18. The third kappa shape index (κ3) is 3.90. The van der Waals surface area contributed by atoms with Crippen LogP contribution in [0, 0.1) is 6.92 Å². The summed E-state index contributed by atoms with van der Waals surface area (Å²) in [4.78, 5) is 34.0. The maximum absolute atomic E-state index is 12.6. The van der Waals surface area contributed by atoms with E-state index in [1.54, 1.807) is 18.5 Å². The summed E-state index contributed by atoms with van der Waals surface area (Å²) in [7, 11) is 0. The number of aromatic nitrogens is 4. The quantitative estimate of drug-likeness (QED) is 0.748. The number of hydrogen-bond donors (Lipinski definition) is 1. The minimum atomic E-state index is -0.241. The normalized spacial score (nSPS) is 14.0. The van der Waals surface area contributed by atoms with Crippen LogP contribution in [-0.4, -0.2) is 52.0 Å². The summed E-state index contributed by atoms with van der Waals surface area (Å²) < 4.78 is 0. The van der Waals surface area contributed by atoms with Crippen molar-refractivity contribution in [1.29, 1.82) is 0 Å². The first-order valence-electron chi connectivity index (χ1n) is 9.16. The maximum Gasteiger partial charge on any atom is 0.274 e. The van der Waals surface area contributed by atoms with E-state index in [2.05, 4.69) is 35.1 Å². The van der Waals surface area contributed by atoms with Crippen molar-refractivity contribution in [3.05, 3.63) is 66.4 Å². The molecule has 1 saturated heterocycles. The van der Waals surface area contributed by atoms with E-state index in [9.17, 15) is 4.79 Å². The minimum absolute atomic E-state index is 0.241. The molecule has 8 heteroatoms. The molecule has 3 aromatic rings. The highest BCUT2D eigenvalue weighted by Gasteiger charge is 2.21. The molecule has 1 N–H and O–H groups in total. The molecule has 3 heterocycles. The van der Waals surface area contributed by atoms with E-state index in [0.29, 0.717) is 5.69 Å². The van der Waals surface area contributed by atoms with Crippen molar-refractivity contribution in [3.63, 3.8) is 0 Å². The molecule has 0 saturated carbocycles. The molecular weight excluding hydrogens is 354 g/mol. The largest absolute Gasteiger partial charge is 0.353 e. The topological polar surface area (TPSA) is 87.1 Å². The summed E-state index contributed by atoms with van der Waals surface area (Å²) in [5.74, 6) is 1.25. The maximum atomic E-state index is 12.6. The second-order valence-corrected chi connectivity index (χ2v) is 6.55. The van der Waals surface area contributed by atoms with Crippen molar-refractivity contribution in [1.82, 2.24) is 19.9 Å². The second-order valence-electron chi connectivity index (χ2n) is 6.55. The molecule has 0 spiro atoms. The lowest BCUT2D eigenvalue weighted by molar-refractivity contribution is 0.102. The van der Waals surface area contributed by atoms with E-state index in [1.807, 2.05) is 37.3 Å². The fraction of sp³-hybridized carbons (Fsp3) is 0.250. The van der Waals surface area contributed by atoms with Gasteiger partial charge in [-0.05, 0) is 24.6 Å². The molecule has 0 radical (unpaired) electrons. The molecule has 0 bridgehead atoms. The Bertz CT molecular complexity index is 956. The number of nitrogens with one attached hydrogen (secondary N) is 1. The van der Waals surface area contributed by atoms with E-state index < -0.39 is 0 Å². The third-order valence-electron chi connectivity index (χ3n) is 4.72. The predicted molar refractivity (Wildman–Crippen MR) is 108 cm³/mol. The average molecular weight is 375 g/mol. The SMILES string of the molecule is Cc1ccccc1NC(=O)c1cc(N2CCN(c3ncccn3)CC2)ncn1. The van der Waals surface area contributed by atoms with E-state index in [0.717, 1.165) is 49.2 Å². The van der Waals surface area contributed by atoms with Crippen molar-refractivity contribution in [2.24, 2.45) is 0 Å². The van der Waals surface area contributed by atoms with Crippen LogP contribution >= 0.6 is 0 Å². The van der Waals surface area contributed by atoms with Gasteiger partial charge in [0.2, 0.25) is 5.95 Å². The van der Waals surface area contributed by atoms with Gasteiger partial charge in [0.25, 0.3) is 5.91 Å². The first-order chi connectivity index (χ1) is 13.7. The standard InChI is InChI=1S/C20H21N7O/c1-15-5-2-3-6-16(15)25-19(28)17-13-18(24-14-23-17)26-9-11-27(12-10-26)20-21-7-4-8-22-20/h2-8,13-14H,9-12H2,1H3,(H,25,28). The molecule has 142 valence electrons. The van der Waals surface area contributed by atoms with Gasteiger partial charge in [0.1, 0.15) is 17.8 Å². The molecule has 1 aliphatic heterocycles. The lowest BCUT2D eigenvalue weighted by Crippen LogP contribution is -2.47. The Kier molecular flexibility index (Phi) is 5.09. The smallest absolute Gasteiger partial charge is 0.274 e. The molecule has 4 rings (SSSR count). The van der Waals surface area contributed by atoms with E-state index in [4.69, 9.17) is 0 Å². The van der Waals surface area contributed by atoms with E-state index in [-0.39, 0.29) is 5.91 Å². The average Bonchev–Trinajstić information content (AvgIpc) is 2.76. The molecule has 28 heavy (non-hydrogen) atoms. The summed E-state index contributed by atoms with van der Waals surface area (Å²) in [5, 5.41) is 2.91.